The van der Waals surface area contributed by atoms with Gasteiger partial charge in [0.1, 0.15) is 0 Å². The zero-order valence-corrected chi connectivity index (χ0v) is 14.8. The highest BCUT2D eigenvalue weighted by Crippen LogP contribution is 2.21. The SMILES string of the molecule is CC(=O)OCCCCCCCc1ccc(-c2ccc(C#N)cc2)cc1. The minimum atomic E-state index is -0.190. The second-order valence-electron chi connectivity index (χ2n) is 6.24. The Balaban J connectivity index is 1.68. The molecule has 0 heterocycles. The van der Waals surface area contributed by atoms with Gasteiger partial charge in [0, 0.05) is 6.92 Å². The van der Waals surface area contributed by atoms with E-state index < -0.39 is 0 Å². The first kappa shape index (κ1) is 18.7. The van der Waals surface area contributed by atoms with Gasteiger partial charge in [0.25, 0.3) is 0 Å². The molecule has 0 fully saturated rings. The van der Waals surface area contributed by atoms with E-state index in [4.69, 9.17) is 10.00 Å². The second kappa shape index (κ2) is 10.3. The number of unbranched alkanes of at least 4 members (excludes halogenated alkanes) is 4. The third-order valence-corrected chi connectivity index (χ3v) is 4.22. The highest BCUT2D eigenvalue weighted by Gasteiger charge is 2.00. The number of aryl methyl sites for hydroxylation is 1. The first-order valence-electron chi connectivity index (χ1n) is 8.92. The van der Waals surface area contributed by atoms with Gasteiger partial charge in [0.05, 0.1) is 18.2 Å². The van der Waals surface area contributed by atoms with E-state index in [0.717, 1.165) is 24.8 Å². The number of hydrogen-bond acceptors (Lipinski definition) is 3. The molecule has 2 aromatic carbocycles. The van der Waals surface area contributed by atoms with Crippen molar-refractivity contribution < 1.29 is 9.53 Å². The van der Waals surface area contributed by atoms with Crippen LogP contribution in [0.4, 0.5) is 0 Å². The summed E-state index contributed by atoms with van der Waals surface area (Å²) < 4.78 is 4.92. The second-order valence-corrected chi connectivity index (χ2v) is 6.24. The van der Waals surface area contributed by atoms with Crippen LogP contribution in [0, 0.1) is 11.3 Å². The Morgan fingerprint density at radius 3 is 2.04 bits per heavy atom. The number of nitriles is 1. The predicted octanol–water partition coefficient (Wildman–Crippen LogP) is 5.28. The molecule has 0 N–H and O–H groups in total. The standard InChI is InChI=1S/C22H25NO2/c1-18(24)25-16-6-4-2-3-5-7-19-8-12-21(13-9-19)22-14-10-20(17-23)11-15-22/h8-15H,2-7,16H2,1H3. The van der Waals surface area contributed by atoms with Crippen LogP contribution in [0.5, 0.6) is 0 Å². The van der Waals surface area contributed by atoms with Crippen LogP contribution >= 0.6 is 0 Å². The number of esters is 1. The molecule has 0 aliphatic heterocycles. The summed E-state index contributed by atoms with van der Waals surface area (Å²) >= 11 is 0. The smallest absolute Gasteiger partial charge is 0.302 e. The molecule has 0 atom stereocenters. The number of carbonyl (C=O) groups is 1. The van der Waals surface area contributed by atoms with Gasteiger partial charge in [-0.3, -0.25) is 4.79 Å². The molecule has 0 spiro atoms. The maximum atomic E-state index is 10.6. The number of benzene rings is 2. The number of hydrogen-bond donors (Lipinski definition) is 0. The maximum Gasteiger partial charge on any atom is 0.302 e. The normalized spacial score (nSPS) is 10.2. The van der Waals surface area contributed by atoms with E-state index >= 15 is 0 Å². The molecule has 0 radical (unpaired) electrons. The van der Waals surface area contributed by atoms with Gasteiger partial charge < -0.3 is 4.74 Å². The lowest BCUT2D eigenvalue weighted by Gasteiger charge is -2.05. The van der Waals surface area contributed by atoms with Crippen molar-refractivity contribution in [2.24, 2.45) is 0 Å². The molecular formula is C22H25NO2. The average Bonchev–Trinajstić information content (AvgIpc) is 2.64. The molecule has 0 unspecified atom stereocenters. The van der Waals surface area contributed by atoms with E-state index in [1.165, 1.54) is 37.3 Å². The van der Waals surface area contributed by atoms with E-state index in [1.54, 1.807) is 0 Å². The molecule has 25 heavy (non-hydrogen) atoms. The summed E-state index contributed by atoms with van der Waals surface area (Å²) in [5.41, 5.74) is 4.36. The van der Waals surface area contributed by atoms with Crippen molar-refractivity contribution in [3.63, 3.8) is 0 Å². The van der Waals surface area contributed by atoms with Crippen LogP contribution in [0.3, 0.4) is 0 Å². The Bertz CT molecular complexity index is 696. The molecule has 0 bridgehead atoms. The summed E-state index contributed by atoms with van der Waals surface area (Å²) in [5, 5.41) is 8.85. The van der Waals surface area contributed by atoms with Crippen LogP contribution in [0.15, 0.2) is 48.5 Å². The molecular weight excluding hydrogens is 310 g/mol. The van der Waals surface area contributed by atoms with Crippen molar-refractivity contribution in [2.45, 2.75) is 45.4 Å². The first-order chi connectivity index (χ1) is 12.2. The van der Waals surface area contributed by atoms with Crippen molar-refractivity contribution in [3.05, 3.63) is 59.7 Å². The first-order valence-corrected chi connectivity index (χ1v) is 8.92. The van der Waals surface area contributed by atoms with Gasteiger partial charge in [-0.25, -0.2) is 0 Å². The molecule has 130 valence electrons. The Morgan fingerprint density at radius 1 is 0.880 bits per heavy atom. The number of rotatable bonds is 9. The third-order valence-electron chi connectivity index (χ3n) is 4.22. The van der Waals surface area contributed by atoms with Gasteiger partial charge in [-0.2, -0.15) is 5.26 Å². The summed E-state index contributed by atoms with van der Waals surface area (Å²) in [5.74, 6) is -0.190. The van der Waals surface area contributed by atoms with Gasteiger partial charge >= 0.3 is 5.97 Å². The molecule has 0 saturated carbocycles. The molecule has 0 aliphatic carbocycles. The minimum Gasteiger partial charge on any atom is -0.466 e. The number of nitrogens with zero attached hydrogens (tertiary/aromatic N) is 1. The van der Waals surface area contributed by atoms with Gasteiger partial charge in [-0.05, 0) is 48.1 Å². The molecule has 0 aliphatic rings. The molecule has 3 nitrogen and oxygen atoms in total. The van der Waals surface area contributed by atoms with Crippen LogP contribution < -0.4 is 0 Å². The molecule has 0 saturated heterocycles. The third kappa shape index (κ3) is 6.81. The lowest BCUT2D eigenvalue weighted by Crippen LogP contribution is -2.00. The Morgan fingerprint density at radius 2 is 1.44 bits per heavy atom. The Kier molecular flexibility index (Phi) is 7.72. The summed E-state index contributed by atoms with van der Waals surface area (Å²) in [6, 6.07) is 18.5. The van der Waals surface area contributed by atoms with Crippen LogP contribution in [0.2, 0.25) is 0 Å². The van der Waals surface area contributed by atoms with Gasteiger partial charge in [-0.15, -0.1) is 0 Å². The highest BCUT2D eigenvalue weighted by atomic mass is 16.5. The van der Waals surface area contributed by atoms with E-state index in [1.807, 2.05) is 24.3 Å². The number of carbonyl (C=O) groups excluding carboxylic acids is 1. The monoisotopic (exact) mass is 335 g/mol. The van der Waals surface area contributed by atoms with Crippen molar-refractivity contribution in [3.8, 4) is 17.2 Å². The van der Waals surface area contributed by atoms with Crippen LogP contribution in [0.25, 0.3) is 11.1 Å². The van der Waals surface area contributed by atoms with E-state index in [0.29, 0.717) is 12.2 Å². The van der Waals surface area contributed by atoms with Gasteiger partial charge in [0.2, 0.25) is 0 Å². The fraction of sp³-hybridized carbons (Fsp3) is 0.364. The largest absolute Gasteiger partial charge is 0.466 e. The van der Waals surface area contributed by atoms with E-state index in [9.17, 15) is 4.79 Å². The molecule has 0 amide bonds. The summed E-state index contributed by atoms with van der Waals surface area (Å²) in [6.07, 6.45) is 6.74. The maximum absolute atomic E-state index is 10.6. The summed E-state index contributed by atoms with van der Waals surface area (Å²) in [7, 11) is 0. The van der Waals surface area contributed by atoms with E-state index in [2.05, 4.69) is 30.3 Å². The Labute approximate surface area is 150 Å². The van der Waals surface area contributed by atoms with Crippen LogP contribution in [-0.4, -0.2) is 12.6 Å². The average molecular weight is 335 g/mol. The van der Waals surface area contributed by atoms with Gasteiger partial charge in [-0.1, -0.05) is 55.7 Å². The summed E-state index contributed by atoms with van der Waals surface area (Å²) in [4.78, 5) is 10.6. The highest BCUT2D eigenvalue weighted by molar-refractivity contribution is 5.66. The van der Waals surface area contributed by atoms with Crippen molar-refractivity contribution in [1.82, 2.24) is 0 Å². The predicted molar refractivity (Wildman–Crippen MR) is 100 cm³/mol. The molecule has 3 heteroatoms. The minimum absolute atomic E-state index is 0.190. The number of ether oxygens (including phenoxy) is 1. The molecule has 2 rings (SSSR count). The molecule has 2 aromatic rings. The quantitative estimate of drug-likeness (QED) is 0.462. The topological polar surface area (TPSA) is 50.1 Å². The Hall–Kier alpha value is -2.60. The molecule has 0 aromatic heterocycles. The fourth-order valence-corrected chi connectivity index (χ4v) is 2.78. The van der Waals surface area contributed by atoms with Gasteiger partial charge in [0.15, 0.2) is 0 Å². The zero-order chi connectivity index (χ0) is 17.9. The van der Waals surface area contributed by atoms with Crippen molar-refractivity contribution in [1.29, 1.82) is 5.26 Å². The van der Waals surface area contributed by atoms with Crippen LogP contribution in [-0.2, 0) is 16.0 Å². The lowest BCUT2D eigenvalue weighted by atomic mass is 10.0. The zero-order valence-electron chi connectivity index (χ0n) is 14.8. The fourth-order valence-electron chi connectivity index (χ4n) is 2.78. The summed E-state index contributed by atoms with van der Waals surface area (Å²) in [6.45, 7) is 2.00. The van der Waals surface area contributed by atoms with Crippen molar-refractivity contribution >= 4 is 5.97 Å². The van der Waals surface area contributed by atoms with E-state index in [-0.39, 0.29) is 5.97 Å². The van der Waals surface area contributed by atoms with Crippen molar-refractivity contribution in [2.75, 3.05) is 6.61 Å². The van der Waals surface area contributed by atoms with Crippen LogP contribution in [0.1, 0.15) is 50.2 Å². The lowest BCUT2D eigenvalue weighted by molar-refractivity contribution is -0.141.